The van der Waals surface area contributed by atoms with Crippen LogP contribution in [0.2, 0.25) is 0 Å². The highest BCUT2D eigenvalue weighted by Gasteiger charge is 2.10. The third-order valence-electron chi connectivity index (χ3n) is 3.95. The summed E-state index contributed by atoms with van der Waals surface area (Å²) in [6.45, 7) is 2.10. The molecule has 3 aromatic rings. The first-order valence-electron chi connectivity index (χ1n) is 8.31. The zero-order chi connectivity index (χ0) is 19.2. The predicted octanol–water partition coefficient (Wildman–Crippen LogP) is 3.92. The number of carbonyl (C=O) groups excluding carboxylic acids is 1. The van der Waals surface area contributed by atoms with Gasteiger partial charge in [0.2, 0.25) is 0 Å². The highest BCUT2D eigenvalue weighted by Crippen LogP contribution is 2.19. The van der Waals surface area contributed by atoms with E-state index in [2.05, 4.69) is 10.3 Å². The van der Waals surface area contributed by atoms with E-state index in [4.69, 9.17) is 9.84 Å². The van der Waals surface area contributed by atoms with E-state index in [1.807, 2.05) is 18.2 Å². The topological polar surface area (TPSA) is 88.5 Å². The molecule has 6 heteroatoms. The summed E-state index contributed by atoms with van der Waals surface area (Å²) >= 11 is 0. The van der Waals surface area contributed by atoms with E-state index in [0.29, 0.717) is 29.2 Å². The molecule has 1 heterocycles. The summed E-state index contributed by atoms with van der Waals surface area (Å²) in [5, 5.41) is 11.8. The number of hydrogen-bond donors (Lipinski definition) is 2. The van der Waals surface area contributed by atoms with Gasteiger partial charge in [-0.05, 0) is 67.1 Å². The molecule has 2 aromatic carbocycles. The van der Waals surface area contributed by atoms with E-state index < -0.39 is 5.97 Å². The summed E-state index contributed by atoms with van der Waals surface area (Å²) in [6, 6.07) is 17.0. The zero-order valence-corrected chi connectivity index (χ0v) is 14.7. The second-order valence-electron chi connectivity index (χ2n) is 5.92. The van der Waals surface area contributed by atoms with Gasteiger partial charge in [-0.2, -0.15) is 0 Å². The Balaban J connectivity index is 1.63. The third-order valence-corrected chi connectivity index (χ3v) is 3.95. The minimum atomic E-state index is -1.00. The molecule has 0 saturated carbocycles. The Bertz CT molecular complexity index is 954. The number of ether oxygens (including phenoxy) is 1. The molecule has 0 radical (unpaired) electrons. The number of aromatic carboxylic acids is 1. The lowest BCUT2D eigenvalue weighted by Gasteiger charge is -2.10. The molecule has 0 fully saturated rings. The fourth-order valence-electron chi connectivity index (χ4n) is 2.47. The highest BCUT2D eigenvalue weighted by molar-refractivity contribution is 6.05. The minimum Gasteiger partial charge on any atom is -0.487 e. The van der Waals surface area contributed by atoms with E-state index >= 15 is 0 Å². The lowest BCUT2D eigenvalue weighted by Crippen LogP contribution is -2.13. The van der Waals surface area contributed by atoms with Gasteiger partial charge in [-0.3, -0.25) is 9.78 Å². The average molecular weight is 362 g/mol. The van der Waals surface area contributed by atoms with Crippen LogP contribution in [0.3, 0.4) is 0 Å². The second kappa shape index (κ2) is 8.14. The Morgan fingerprint density at radius 3 is 2.41 bits per heavy atom. The van der Waals surface area contributed by atoms with E-state index in [9.17, 15) is 9.59 Å². The van der Waals surface area contributed by atoms with Crippen molar-refractivity contribution >= 4 is 17.6 Å². The summed E-state index contributed by atoms with van der Waals surface area (Å²) < 4.78 is 5.65. The lowest BCUT2D eigenvalue weighted by atomic mass is 10.1. The summed E-state index contributed by atoms with van der Waals surface area (Å²) in [5.74, 6) is -0.645. The van der Waals surface area contributed by atoms with Crippen molar-refractivity contribution in [3.05, 3.63) is 89.2 Å². The lowest BCUT2D eigenvalue weighted by molar-refractivity contribution is 0.0696. The number of anilines is 1. The quantitative estimate of drug-likeness (QED) is 0.694. The first-order chi connectivity index (χ1) is 13.0. The van der Waals surface area contributed by atoms with Gasteiger partial charge in [0.15, 0.2) is 0 Å². The number of amides is 1. The molecule has 0 unspecified atom stereocenters. The molecule has 1 aromatic heterocycles. The summed E-state index contributed by atoms with van der Waals surface area (Å²) in [7, 11) is 0. The van der Waals surface area contributed by atoms with Gasteiger partial charge in [0, 0.05) is 17.4 Å². The maximum Gasteiger partial charge on any atom is 0.335 e. The van der Waals surface area contributed by atoms with Crippen molar-refractivity contribution in [3.63, 3.8) is 0 Å². The molecular weight excluding hydrogens is 344 g/mol. The molecule has 0 atom stereocenters. The third kappa shape index (κ3) is 4.70. The van der Waals surface area contributed by atoms with Crippen molar-refractivity contribution in [1.29, 1.82) is 0 Å². The molecule has 6 nitrogen and oxygen atoms in total. The minimum absolute atomic E-state index is 0.180. The Morgan fingerprint density at radius 1 is 1.04 bits per heavy atom. The molecule has 0 aliphatic carbocycles. The van der Waals surface area contributed by atoms with Crippen LogP contribution in [-0.4, -0.2) is 22.0 Å². The Labute approximate surface area is 156 Å². The number of carbonyl (C=O) groups is 2. The summed E-state index contributed by atoms with van der Waals surface area (Å²) in [5.41, 5.74) is 2.72. The van der Waals surface area contributed by atoms with Crippen LogP contribution in [0.1, 0.15) is 32.0 Å². The maximum absolute atomic E-state index is 12.4. The van der Waals surface area contributed by atoms with Crippen molar-refractivity contribution in [2.24, 2.45) is 0 Å². The molecule has 0 bridgehead atoms. The van der Waals surface area contributed by atoms with Crippen molar-refractivity contribution in [2.45, 2.75) is 13.5 Å². The van der Waals surface area contributed by atoms with E-state index in [-0.39, 0.29) is 11.5 Å². The molecule has 0 spiro atoms. The number of carboxylic acid groups (broad SMARTS) is 1. The van der Waals surface area contributed by atoms with Gasteiger partial charge in [-0.15, -0.1) is 0 Å². The Kier molecular flexibility index (Phi) is 5.47. The van der Waals surface area contributed by atoms with Gasteiger partial charge in [-0.25, -0.2) is 4.79 Å². The molecule has 0 aliphatic rings. The van der Waals surface area contributed by atoms with Crippen LogP contribution in [0.15, 0.2) is 66.9 Å². The van der Waals surface area contributed by atoms with Crippen LogP contribution in [-0.2, 0) is 6.61 Å². The van der Waals surface area contributed by atoms with Gasteiger partial charge >= 0.3 is 5.97 Å². The number of hydrogen-bond acceptors (Lipinski definition) is 4. The number of pyridine rings is 1. The monoisotopic (exact) mass is 362 g/mol. The molecule has 3 rings (SSSR count). The molecule has 2 N–H and O–H groups in total. The van der Waals surface area contributed by atoms with Gasteiger partial charge < -0.3 is 15.2 Å². The van der Waals surface area contributed by atoms with Crippen LogP contribution in [0.25, 0.3) is 0 Å². The van der Waals surface area contributed by atoms with Crippen LogP contribution < -0.4 is 10.1 Å². The van der Waals surface area contributed by atoms with Crippen molar-refractivity contribution in [3.8, 4) is 5.75 Å². The zero-order valence-electron chi connectivity index (χ0n) is 14.7. The van der Waals surface area contributed by atoms with Crippen molar-refractivity contribution < 1.29 is 19.4 Å². The number of aryl methyl sites for hydroxylation is 1. The highest BCUT2D eigenvalue weighted by atomic mass is 16.5. The maximum atomic E-state index is 12.4. The Hall–Kier alpha value is -3.67. The SMILES string of the molecule is Cc1cc(C(=O)O)ccc1NC(=O)c1ccc(OCc2ccccn2)cc1. The standard InChI is InChI=1S/C21H18N2O4/c1-14-12-16(21(25)26)7-10-19(14)23-20(24)15-5-8-18(9-6-15)27-13-17-4-2-3-11-22-17/h2-12H,13H2,1H3,(H,23,24)(H,25,26). The van der Waals surface area contributed by atoms with Gasteiger partial charge in [0.25, 0.3) is 5.91 Å². The van der Waals surface area contributed by atoms with Gasteiger partial charge in [0.1, 0.15) is 12.4 Å². The number of rotatable bonds is 6. The van der Waals surface area contributed by atoms with Crippen LogP contribution in [0.5, 0.6) is 5.75 Å². The van der Waals surface area contributed by atoms with Gasteiger partial charge in [-0.1, -0.05) is 6.07 Å². The van der Waals surface area contributed by atoms with Crippen molar-refractivity contribution in [1.82, 2.24) is 4.98 Å². The molecule has 27 heavy (non-hydrogen) atoms. The van der Waals surface area contributed by atoms with Crippen LogP contribution >= 0.6 is 0 Å². The van der Waals surface area contributed by atoms with E-state index in [1.54, 1.807) is 43.5 Å². The first kappa shape index (κ1) is 18.1. The largest absolute Gasteiger partial charge is 0.487 e. The predicted molar refractivity (Wildman–Crippen MR) is 101 cm³/mol. The number of benzene rings is 2. The molecule has 0 aliphatic heterocycles. The second-order valence-corrected chi connectivity index (χ2v) is 5.92. The summed E-state index contributed by atoms with van der Waals surface area (Å²) in [4.78, 5) is 27.6. The summed E-state index contributed by atoms with van der Waals surface area (Å²) in [6.07, 6.45) is 1.71. The number of carboxylic acids is 1. The normalized spacial score (nSPS) is 10.3. The van der Waals surface area contributed by atoms with Crippen LogP contribution in [0.4, 0.5) is 5.69 Å². The fraction of sp³-hybridized carbons (Fsp3) is 0.0952. The number of nitrogens with zero attached hydrogens (tertiary/aromatic N) is 1. The molecular formula is C21H18N2O4. The molecule has 136 valence electrons. The van der Waals surface area contributed by atoms with Crippen LogP contribution in [0, 0.1) is 6.92 Å². The van der Waals surface area contributed by atoms with Gasteiger partial charge in [0.05, 0.1) is 11.3 Å². The fourth-order valence-corrected chi connectivity index (χ4v) is 2.47. The number of aromatic nitrogens is 1. The van der Waals surface area contributed by atoms with E-state index in [1.165, 1.54) is 12.1 Å². The Morgan fingerprint density at radius 2 is 1.78 bits per heavy atom. The number of nitrogens with one attached hydrogen (secondary N) is 1. The average Bonchev–Trinajstić information content (AvgIpc) is 2.69. The first-order valence-corrected chi connectivity index (χ1v) is 8.31. The molecule has 0 saturated heterocycles. The van der Waals surface area contributed by atoms with Crippen molar-refractivity contribution in [2.75, 3.05) is 5.32 Å². The smallest absolute Gasteiger partial charge is 0.335 e. The van der Waals surface area contributed by atoms with E-state index in [0.717, 1.165) is 5.69 Å². The molecule has 1 amide bonds.